The van der Waals surface area contributed by atoms with Crippen molar-refractivity contribution in [3.8, 4) is 11.1 Å². The van der Waals surface area contributed by atoms with E-state index in [2.05, 4.69) is 44.2 Å². The summed E-state index contributed by atoms with van der Waals surface area (Å²) < 4.78 is 12.0. The van der Waals surface area contributed by atoms with Gasteiger partial charge < -0.3 is 19.4 Å². The number of unbranched alkanes of at least 4 members (excludes halogenated alkanes) is 10. The maximum atomic E-state index is 10.1. The Balaban J connectivity index is 1.68. The molecule has 0 bridgehead atoms. The second-order valence-electron chi connectivity index (χ2n) is 11.5. The van der Waals surface area contributed by atoms with Crippen molar-refractivity contribution in [2.24, 2.45) is 0 Å². The molecule has 2 aromatic carbocycles. The van der Waals surface area contributed by atoms with Gasteiger partial charge in [0, 0.05) is 18.6 Å². The fraction of sp³-hybridized carbons (Fsp3) is 0.625. The van der Waals surface area contributed by atoms with Gasteiger partial charge in [-0.2, -0.15) is 0 Å². The van der Waals surface area contributed by atoms with E-state index in [-0.39, 0.29) is 12.5 Å². The Morgan fingerprint density at radius 2 is 1.24 bits per heavy atom. The average Bonchev–Trinajstić information content (AvgIpc) is 3.21. The van der Waals surface area contributed by atoms with Gasteiger partial charge in [0.05, 0.1) is 0 Å². The molecule has 1 saturated heterocycles. The first kappa shape index (κ1) is 29.4. The molecule has 6 heteroatoms. The summed E-state index contributed by atoms with van der Waals surface area (Å²) in [7, 11) is -1.75. The first-order valence-corrected chi connectivity index (χ1v) is 15.5. The number of hydrogen-bond acceptors (Lipinski definition) is 4. The van der Waals surface area contributed by atoms with Crippen LogP contribution in [-0.2, 0) is 14.7 Å². The molecule has 206 valence electrons. The average molecular weight is 518 g/mol. The van der Waals surface area contributed by atoms with Crippen LogP contribution in [0.1, 0.15) is 121 Å². The van der Waals surface area contributed by atoms with E-state index in [4.69, 9.17) is 9.31 Å². The Hall–Kier alpha value is -1.59. The molecule has 0 saturated carbocycles. The fourth-order valence-electron chi connectivity index (χ4n) is 6.60. The standard InChI is InChI=1S/C32H48B2O4/c1-3-5-7-9-11-13-20-32(21-14-12-10-8-6-4-2)30-24-26(33(35)36)16-18-28(30)29-19-17-27(25-31(29)32)34-37-22-15-23-38-34/h16-19,24-25,35-36H,3-15,20-23H2,1-2H3. The van der Waals surface area contributed by atoms with Gasteiger partial charge in [-0.25, -0.2) is 0 Å². The van der Waals surface area contributed by atoms with E-state index in [9.17, 15) is 10.0 Å². The van der Waals surface area contributed by atoms with Crippen molar-refractivity contribution in [2.45, 2.75) is 116 Å². The van der Waals surface area contributed by atoms with Gasteiger partial charge in [-0.15, -0.1) is 0 Å². The van der Waals surface area contributed by atoms with Gasteiger partial charge in [-0.05, 0) is 52.4 Å². The predicted molar refractivity (Wildman–Crippen MR) is 160 cm³/mol. The van der Waals surface area contributed by atoms with E-state index in [1.54, 1.807) is 0 Å². The van der Waals surface area contributed by atoms with E-state index in [0.717, 1.165) is 37.9 Å². The van der Waals surface area contributed by atoms with Gasteiger partial charge in [0.15, 0.2) is 0 Å². The number of benzene rings is 2. The minimum atomic E-state index is -1.45. The van der Waals surface area contributed by atoms with Crippen LogP contribution >= 0.6 is 0 Å². The maximum Gasteiger partial charge on any atom is 0.493 e. The van der Waals surface area contributed by atoms with Crippen molar-refractivity contribution >= 4 is 25.2 Å². The molecule has 2 N–H and O–H groups in total. The highest BCUT2D eigenvalue weighted by Gasteiger charge is 2.43. The number of rotatable bonds is 16. The SMILES string of the molecule is CCCCCCCCC1(CCCCCCCC)c2cc(B(O)O)ccc2-c2ccc(B3OCCCO3)cc21. The Kier molecular flexibility index (Phi) is 11.4. The van der Waals surface area contributed by atoms with Crippen molar-refractivity contribution in [1.29, 1.82) is 0 Å². The Labute approximate surface area is 231 Å². The molecule has 1 aliphatic heterocycles. The normalized spacial score (nSPS) is 15.9. The molecule has 1 heterocycles. The van der Waals surface area contributed by atoms with Crippen LogP contribution in [0.4, 0.5) is 0 Å². The molecule has 0 unspecified atom stereocenters. The summed E-state index contributed by atoms with van der Waals surface area (Å²) >= 11 is 0. The summed E-state index contributed by atoms with van der Waals surface area (Å²) in [5.41, 5.74) is 6.78. The molecular weight excluding hydrogens is 470 g/mol. The highest BCUT2D eigenvalue weighted by Crippen LogP contribution is 2.53. The monoisotopic (exact) mass is 518 g/mol. The van der Waals surface area contributed by atoms with Crippen molar-refractivity contribution in [2.75, 3.05) is 13.2 Å². The smallest absolute Gasteiger partial charge is 0.423 e. The zero-order valence-electron chi connectivity index (χ0n) is 23.9. The maximum absolute atomic E-state index is 10.1. The van der Waals surface area contributed by atoms with Crippen molar-refractivity contribution in [1.82, 2.24) is 0 Å². The minimum absolute atomic E-state index is 0.115. The summed E-state index contributed by atoms with van der Waals surface area (Å²) in [6.45, 7) is 6.01. The minimum Gasteiger partial charge on any atom is -0.423 e. The van der Waals surface area contributed by atoms with Gasteiger partial charge in [-0.1, -0.05) is 127 Å². The van der Waals surface area contributed by atoms with Crippen LogP contribution in [0, 0.1) is 0 Å². The second-order valence-corrected chi connectivity index (χ2v) is 11.5. The third-order valence-corrected chi connectivity index (χ3v) is 8.72. The lowest BCUT2D eigenvalue weighted by atomic mass is 9.67. The molecule has 0 amide bonds. The lowest BCUT2D eigenvalue weighted by Gasteiger charge is -2.34. The molecule has 1 fully saturated rings. The molecule has 0 aromatic heterocycles. The summed E-state index contributed by atoms with van der Waals surface area (Å²) in [5.74, 6) is 0. The van der Waals surface area contributed by atoms with E-state index in [1.807, 2.05) is 6.07 Å². The van der Waals surface area contributed by atoms with Crippen LogP contribution < -0.4 is 10.9 Å². The number of hydrogen-bond donors (Lipinski definition) is 2. The van der Waals surface area contributed by atoms with Gasteiger partial charge >= 0.3 is 14.2 Å². The Morgan fingerprint density at radius 3 is 1.82 bits per heavy atom. The van der Waals surface area contributed by atoms with Gasteiger partial charge in [0.2, 0.25) is 0 Å². The van der Waals surface area contributed by atoms with Gasteiger partial charge in [-0.3, -0.25) is 0 Å². The largest absolute Gasteiger partial charge is 0.493 e. The van der Waals surface area contributed by atoms with Crippen LogP contribution in [0.3, 0.4) is 0 Å². The quantitative estimate of drug-likeness (QED) is 0.203. The van der Waals surface area contributed by atoms with Crippen LogP contribution in [0.15, 0.2) is 36.4 Å². The van der Waals surface area contributed by atoms with E-state index < -0.39 is 7.12 Å². The highest BCUT2D eigenvalue weighted by molar-refractivity contribution is 6.61. The summed E-state index contributed by atoms with van der Waals surface area (Å²) in [6, 6.07) is 12.8. The Bertz CT molecular complexity index is 987. The van der Waals surface area contributed by atoms with Gasteiger partial charge in [0.1, 0.15) is 0 Å². The summed E-state index contributed by atoms with van der Waals surface area (Å²) in [6.07, 6.45) is 18.4. The molecule has 1 aliphatic carbocycles. The molecule has 2 aliphatic rings. The molecule has 0 radical (unpaired) electrons. The van der Waals surface area contributed by atoms with Gasteiger partial charge in [0.25, 0.3) is 0 Å². The van der Waals surface area contributed by atoms with Crippen molar-refractivity contribution in [3.05, 3.63) is 47.5 Å². The Morgan fingerprint density at radius 1 is 0.711 bits per heavy atom. The molecule has 0 atom stereocenters. The van der Waals surface area contributed by atoms with E-state index >= 15 is 0 Å². The lowest BCUT2D eigenvalue weighted by molar-refractivity contribution is 0.143. The van der Waals surface area contributed by atoms with Crippen LogP contribution in [0.2, 0.25) is 0 Å². The highest BCUT2D eigenvalue weighted by atomic mass is 16.6. The van der Waals surface area contributed by atoms with Crippen LogP contribution in [0.25, 0.3) is 11.1 Å². The molecule has 0 spiro atoms. The zero-order valence-corrected chi connectivity index (χ0v) is 23.9. The number of fused-ring (bicyclic) bond motifs is 3. The van der Waals surface area contributed by atoms with E-state index in [1.165, 1.54) is 99.3 Å². The third-order valence-electron chi connectivity index (χ3n) is 8.72. The molecular formula is C32H48B2O4. The summed E-state index contributed by atoms with van der Waals surface area (Å²) in [4.78, 5) is 0. The molecule has 38 heavy (non-hydrogen) atoms. The fourth-order valence-corrected chi connectivity index (χ4v) is 6.60. The first-order valence-electron chi connectivity index (χ1n) is 15.5. The van der Waals surface area contributed by atoms with Crippen molar-refractivity contribution in [3.63, 3.8) is 0 Å². The summed E-state index contributed by atoms with van der Waals surface area (Å²) in [5, 5.41) is 20.1. The molecule has 4 rings (SSSR count). The zero-order chi connectivity index (χ0) is 26.8. The van der Waals surface area contributed by atoms with E-state index in [0.29, 0.717) is 5.46 Å². The first-order chi connectivity index (χ1) is 18.6. The van der Waals surface area contributed by atoms with Crippen LogP contribution in [-0.4, -0.2) is 37.5 Å². The molecule has 2 aromatic rings. The van der Waals surface area contributed by atoms with Crippen molar-refractivity contribution < 1.29 is 19.4 Å². The molecule has 4 nitrogen and oxygen atoms in total. The second kappa shape index (κ2) is 14.7. The lowest BCUT2D eigenvalue weighted by Crippen LogP contribution is -2.41. The van der Waals surface area contributed by atoms with Crippen LogP contribution in [0.5, 0.6) is 0 Å². The predicted octanol–water partition coefficient (Wildman–Crippen LogP) is 6.27. The third kappa shape index (κ3) is 6.94. The topological polar surface area (TPSA) is 58.9 Å².